The smallest absolute Gasteiger partial charge is 0.225 e. The standard InChI is InChI=1S/C20H18N3O.W/c1-2-19(24)22-13-23(14-22)20-17-11-7-6-10-16(17)12-18(21-20)15-8-4-3-5-9-15;/h3-8,10-12H,2,13-14H2,1H3;/q-1;. The summed E-state index contributed by atoms with van der Waals surface area (Å²) >= 11 is 0. The van der Waals surface area contributed by atoms with Gasteiger partial charge in [0.05, 0.1) is 13.3 Å². The van der Waals surface area contributed by atoms with Crippen LogP contribution in [0.5, 0.6) is 0 Å². The monoisotopic (exact) mass is 500 g/mol. The summed E-state index contributed by atoms with van der Waals surface area (Å²) in [5.41, 5.74) is 1.89. The number of aromatic nitrogens is 1. The first-order chi connectivity index (χ1) is 11.8. The summed E-state index contributed by atoms with van der Waals surface area (Å²) in [6, 6.07) is 21.4. The molecular weight excluding hydrogens is 482 g/mol. The van der Waals surface area contributed by atoms with E-state index >= 15 is 0 Å². The summed E-state index contributed by atoms with van der Waals surface area (Å²) in [7, 11) is 0. The Morgan fingerprint density at radius 1 is 1.16 bits per heavy atom. The van der Waals surface area contributed by atoms with Crippen LogP contribution in [0.2, 0.25) is 0 Å². The minimum atomic E-state index is 0. The molecule has 0 spiro atoms. The van der Waals surface area contributed by atoms with Gasteiger partial charge in [0.25, 0.3) is 0 Å². The zero-order valence-electron chi connectivity index (χ0n) is 14.0. The van der Waals surface area contributed by atoms with Crippen LogP contribution < -0.4 is 4.90 Å². The van der Waals surface area contributed by atoms with E-state index in [9.17, 15) is 4.79 Å². The van der Waals surface area contributed by atoms with Crippen molar-refractivity contribution in [3.8, 4) is 11.3 Å². The number of hydrogen-bond acceptors (Lipinski definition) is 3. The molecule has 126 valence electrons. The zero-order chi connectivity index (χ0) is 16.5. The van der Waals surface area contributed by atoms with Gasteiger partial charge in [-0.2, -0.15) is 0 Å². The molecule has 4 rings (SSSR count). The largest absolute Gasteiger partial charge is 0.321 e. The first-order valence-electron chi connectivity index (χ1n) is 8.16. The molecule has 0 N–H and O–H groups in total. The van der Waals surface area contributed by atoms with Crippen LogP contribution in [0.15, 0.2) is 54.6 Å². The number of carbonyl (C=O) groups excluding carboxylic acids is 1. The molecule has 1 amide bonds. The summed E-state index contributed by atoms with van der Waals surface area (Å²) in [4.78, 5) is 20.7. The van der Waals surface area contributed by atoms with E-state index in [1.807, 2.05) is 48.2 Å². The molecule has 4 nitrogen and oxygen atoms in total. The maximum Gasteiger partial charge on any atom is 0.225 e. The maximum atomic E-state index is 11.8. The van der Waals surface area contributed by atoms with Gasteiger partial charge < -0.3 is 9.80 Å². The predicted octanol–water partition coefficient (Wildman–Crippen LogP) is 3.67. The average molecular weight is 500 g/mol. The van der Waals surface area contributed by atoms with Crippen LogP contribution in [0.4, 0.5) is 5.82 Å². The molecule has 5 heteroatoms. The van der Waals surface area contributed by atoms with Crippen LogP contribution >= 0.6 is 0 Å². The molecule has 0 bridgehead atoms. The molecule has 1 fully saturated rings. The van der Waals surface area contributed by atoms with Crippen molar-refractivity contribution >= 4 is 22.5 Å². The fraction of sp³-hybridized carbons (Fsp3) is 0.200. The molecule has 1 aromatic heterocycles. The molecule has 2 aromatic carbocycles. The Morgan fingerprint density at radius 2 is 1.92 bits per heavy atom. The van der Waals surface area contributed by atoms with E-state index < -0.39 is 0 Å². The van der Waals surface area contributed by atoms with Crippen molar-refractivity contribution < 1.29 is 25.9 Å². The van der Waals surface area contributed by atoms with Crippen molar-refractivity contribution in [2.45, 2.75) is 13.3 Å². The fourth-order valence-electron chi connectivity index (χ4n) is 3.00. The number of nitrogens with zero attached hydrogens (tertiary/aromatic N) is 3. The van der Waals surface area contributed by atoms with Crippen molar-refractivity contribution in [1.82, 2.24) is 9.88 Å². The molecule has 0 saturated carbocycles. The van der Waals surface area contributed by atoms with Gasteiger partial charge in [-0.1, -0.05) is 37.3 Å². The van der Waals surface area contributed by atoms with E-state index in [-0.39, 0.29) is 27.0 Å². The minimum Gasteiger partial charge on any atom is -0.321 e. The molecule has 0 atom stereocenters. The topological polar surface area (TPSA) is 36.4 Å². The Hall–Kier alpha value is -2.19. The van der Waals surface area contributed by atoms with Crippen molar-refractivity contribution in [3.05, 3.63) is 60.7 Å². The van der Waals surface area contributed by atoms with Gasteiger partial charge in [-0.05, 0) is 11.1 Å². The van der Waals surface area contributed by atoms with Gasteiger partial charge in [-0.15, -0.1) is 35.9 Å². The third-order valence-corrected chi connectivity index (χ3v) is 4.34. The second kappa shape index (κ2) is 7.36. The van der Waals surface area contributed by atoms with Crippen LogP contribution in [-0.4, -0.2) is 29.1 Å². The van der Waals surface area contributed by atoms with E-state index in [1.54, 1.807) is 0 Å². The first kappa shape index (κ1) is 17.6. The Labute approximate surface area is 161 Å². The quantitative estimate of drug-likeness (QED) is 0.516. The molecular formula is C20H18N3OW-. The Balaban J connectivity index is 0.00000182. The zero-order valence-corrected chi connectivity index (χ0v) is 16.9. The molecule has 3 aromatic rings. The van der Waals surface area contributed by atoms with Crippen molar-refractivity contribution in [3.63, 3.8) is 0 Å². The SMILES string of the molecule is CCC(=O)N1CN(c2nc(-c3[c-]cccc3)cc3ccccc23)C1.[W]. The Bertz CT molecular complexity index is 892. The molecule has 1 saturated heterocycles. The molecule has 0 radical (unpaired) electrons. The van der Waals surface area contributed by atoms with E-state index in [0.29, 0.717) is 19.8 Å². The number of hydrogen-bond donors (Lipinski definition) is 0. The number of anilines is 1. The van der Waals surface area contributed by atoms with Crippen LogP contribution in [0, 0.1) is 6.07 Å². The van der Waals surface area contributed by atoms with Gasteiger partial charge in [-0.3, -0.25) is 9.78 Å². The summed E-state index contributed by atoms with van der Waals surface area (Å²) in [5, 5.41) is 2.26. The van der Waals surface area contributed by atoms with Crippen LogP contribution in [-0.2, 0) is 25.9 Å². The summed E-state index contributed by atoms with van der Waals surface area (Å²) in [6.07, 6.45) is 0.543. The normalized spacial score (nSPS) is 13.3. The third-order valence-electron chi connectivity index (χ3n) is 4.34. The van der Waals surface area contributed by atoms with E-state index in [1.165, 1.54) is 0 Å². The van der Waals surface area contributed by atoms with Crippen LogP contribution in [0.1, 0.15) is 13.3 Å². The minimum absolute atomic E-state index is 0. The van der Waals surface area contributed by atoms with Crippen LogP contribution in [0.3, 0.4) is 0 Å². The average Bonchev–Trinajstić information content (AvgIpc) is 2.60. The molecule has 1 aliphatic heterocycles. The summed E-state index contributed by atoms with van der Waals surface area (Å²) < 4.78 is 0. The number of fused-ring (bicyclic) bond motifs is 1. The first-order valence-corrected chi connectivity index (χ1v) is 8.16. The fourth-order valence-corrected chi connectivity index (χ4v) is 3.00. The molecule has 1 aliphatic rings. The van der Waals surface area contributed by atoms with E-state index in [4.69, 9.17) is 4.98 Å². The van der Waals surface area contributed by atoms with Gasteiger partial charge in [0, 0.05) is 32.9 Å². The van der Waals surface area contributed by atoms with Crippen molar-refractivity contribution in [1.29, 1.82) is 0 Å². The van der Waals surface area contributed by atoms with Crippen molar-refractivity contribution in [2.75, 3.05) is 18.2 Å². The van der Waals surface area contributed by atoms with Gasteiger partial charge >= 0.3 is 0 Å². The molecule has 0 aliphatic carbocycles. The molecule has 25 heavy (non-hydrogen) atoms. The molecule has 2 heterocycles. The van der Waals surface area contributed by atoms with Gasteiger partial charge in [-0.25, -0.2) is 0 Å². The second-order valence-corrected chi connectivity index (χ2v) is 5.94. The molecule has 0 unspecified atom stereocenters. The van der Waals surface area contributed by atoms with E-state index in [2.05, 4.69) is 29.2 Å². The van der Waals surface area contributed by atoms with Gasteiger partial charge in [0.2, 0.25) is 5.91 Å². The maximum absolute atomic E-state index is 11.8. The van der Waals surface area contributed by atoms with Crippen LogP contribution in [0.25, 0.3) is 22.0 Å². The number of carbonyl (C=O) groups is 1. The predicted molar refractivity (Wildman–Crippen MR) is 95.4 cm³/mol. The van der Waals surface area contributed by atoms with Gasteiger partial charge in [0.1, 0.15) is 5.82 Å². The Kier molecular flexibility index (Phi) is 5.19. The number of rotatable bonds is 3. The third kappa shape index (κ3) is 3.31. The Morgan fingerprint density at radius 3 is 2.64 bits per heavy atom. The van der Waals surface area contributed by atoms with Crippen molar-refractivity contribution in [2.24, 2.45) is 0 Å². The second-order valence-electron chi connectivity index (χ2n) is 5.94. The number of pyridine rings is 1. The number of amides is 1. The van der Waals surface area contributed by atoms with E-state index in [0.717, 1.165) is 27.8 Å². The summed E-state index contributed by atoms with van der Waals surface area (Å²) in [5.74, 6) is 1.11. The number of benzene rings is 2. The van der Waals surface area contributed by atoms with Gasteiger partial charge in [0.15, 0.2) is 0 Å². The summed E-state index contributed by atoms with van der Waals surface area (Å²) in [6.45, 7) is 3.10.